The average Bonchev–Trinajstić information content (AvgIpc) is 2.76. The van der Waals surface area contributed by atoms with Crippen molar-refractivity contribution in [1.82, 2.24) is 10.2 Å². The average molecular weight is 457 g/mol. The van der Waals surface area contributed by atoms with Crippen LogP contribution in [0.15, 0.2) is 46.6 Å². The van der Waals surface area contributed by atoms with Crippen molar-refractivity contribution in [2.45, 2.75) is 118 Å². The number of carbonyl (C=O) groups excluding carboxylic acids is 1. The Labute approximate surface area is 205 Å². The molecular formula is C30H52N2O. The predicted molar refractivity (Wildman–Crippen MR) is 146 cm³/mol. The van der Waals surface area contributed by atoms with Crippen molar-refractivity contribution in [3.8, 4) is 0 Å². The van der Waals surface area contributed by atoms with Gasteiger partial charge in [-0.1, -0.05) is 60.4 Å². The minimum Gasteiger partial charge on any atom is -0.313 e. The maximum absolute atomic E-state index is 12.6. The number of hydrogen-bond acceptors (Lipinski definition) is 3. The van der Waals surface area contributed by atoms with Gasteiger partial charge in [0.2, 0.25) is 0 Å². The fraction of sp³-hybridized carbons (Fsp3) is 0.700. The minimum absolute atomic E-state index is 0.293. The Morgan fingerprint density at radius 2 is 1.36 bits per heavy atom. The van der Waals surface area contributed by atoms with Gasteiger partial charge in [0.15, 0.2) is 5.78 Å². The first-order chi connectivity index (χ1) is 15.7. The van der Waals surface area contributed by atoms with E-state index in [-0.39, 0.29) is 5.54 Å². The normalized spacial score (nSPS) is 23.0. The number of nitrogens with one attached hydrogen (secondary N) is 1. The Hall–Kier alpha value is -1.45. The minimum atomic E-state index is -0.358. The predicted octanol–water partition coefficient (Wildman–Crippen LogP) is 7.55. The molecule has 0 saturated carbocycles. The van der Waals surface area contributed by atoms with Gasteiger partial charge in [-0.25, -0.2) is 0 Å². The summed E-state index contributed by atoms with van der Waals surface area (Å²) in [6, 6.07) is 0.423. The van der Waals surface area contributed by atoms with Crippen LogP contribution in [0.2, 0.25) is 0 Å². The summed E-state index contributed by atoms with van der Waals surface area (Å²) in [5.74, 6) is 0.293. The molecule has 0 aromatic carbocycles. The van der Waals surface area contributed by atoms with Crippen LogP contribution in [-0.4, -0.2) is 41.9 Å². The van der Waals surface area contributed by atoms with E-state index in [1.165, 1.54) is 28.7 Å². The lowest BCUT2D eigenvalue weighted by Crippen LogP contribution is -2.68. The highest BCUT2D eigenvalue weighted by molar-refractivity contribution is 5.86. The molecule has 0 aliphatic carbocycles. The standard InChI is InChI=1S/C30H52N2O/c1-9-29-22-31-23-30(10-2,28(8)33)32(29)21-20-27(7)19-13-18-26(6)17-12-16-25(5)15-11-14-24(3)4/h14,16,18,20,29,31H,9-13,15,17,19,21-23H2,1-8H3/b25-16+,26-18+,27-20+. The molecule has 1 aliphatic rings. The van der Waals surface area contributed by atoms with E-state index in [9.17, 15) is 4.79 Å². The number of nitrogens with zero attached hydrogens (tertiary/aromatic N) is 1. The smallest absolute Gasteiger partial charge is 0.151 e. The first-order valence-corrected chi connectivity index (χ1v) is 13.2. The fourth-order valence-electron chi connectivity index (χ4n) is 4.84. The van der Waals surface area contributed by atoms with Crippen molar-refractivity contribution in [2.75, 3.05) is 19.6 Å². The van der Waals surface area contributed by atoms with Gasteiger partial charge in [0, 0.05) is 25.7 Å². The summed E-state index contributed by atoms with van der Waals surface area (Å²) < 4.78 is 0. The topological polar surface area (TPSA) is 32.3 Å². The van der Waals surface area contributed by atoms with Crippen molar-refractivity contribution < 1.29 is 4.79 Å². The van der Waals surface area contributed by atoms with E-state index in [0.717, 1.165) is 64.6 Å². The van der Waals surface area contributed by atoms with E-state index >= 15 is 0 Å². The molecule has 1 N–H and O–H groups in total. The van der Waals surface area contributed by atoms with Gasteiger partial charge in [-0.05, 0) is 92.9 Å². The van der Waals surface area contributed by atoms with Crippen LogP contribution in [0.3, 0.4) is 0 Å². The van der Waals surface area contributed by atoms with Crippen LogP contribution < -0.4 is 5.32 Å². The molecule has 0 bridgehead atoms. The van der Waals surface area contributed by atoms with Gasteiger partial charge in [0.05, 0.1) is 5.54 Å². The largest absolute Gasteiger partial charge is 0.313 e. The molecule has 3 heteroatoms. The second kappa shape index (κ2) is 15.5. The van der Waals surface area contributed by atoms with Crippen LogP contribution in [0.1, 0.15) is 107 Å². The third kappa shape index (κ3) is 10.1. The summed E-state index contributed by atoms with van der Waals surface area (Å²) in [5, 5.41) is 3.51. The molecule has 1 aliphatic heterocycles. The van der Waals surface area contributed by atoms with Crippen molar-refractivity contribution >= 4 is 5.78 Å². The number of allylic oxidation sites excluding steroid dienone is 7. The van der Waals surface area contributed by atoms with Gasteiger partial charge in [-0.15, -0.1) is 0 Å². The SMILES string of the molecule is CCC1CNCC(CC)(C(C)=O)N1C/C=C(\C)CC/C=C(\C)CC/C=C(\C)CCC=C(C)C. The van der Waals surface area contributed by atoms with Gasteiger partial charge in [0.1, 0.15) is 0 Å². The van der Waals surface area contributed by atoms with E-state index in [1.807, 2.05) is 0 Å². The molecule has 3 nitrogen and oxygen atoms in total. The van der Waals surface area contributed by atoms with Crippen LogP contribution >= 0.6 is 0 Å². The molecule has 0 amide bonds. The first-order valence-electron chi connectivity index (χ1n) is 13.2. The summed E-state index contributed by atoms with van der Waals surface area (Å²) in [7, 11) is 0. The van der Waals surface area contributed by atoms with Gasteiger partial charge in [-0.2, -0.15) is 0 Å². The Bertz CT molecular complexity index is 724. The molecule has 0 radical (unpaired) electrons. The van der Waals surface area contributed by atoms with Crippen molar-refractivity contribution in [3.05, 3.63) is 46.6 Å². The lowest BCUT2D eigenvalue weighted by Gasteiger charge is -2.49. The summed E-state index contributed by atoms with van der Waals surface area (Å²) in [5.41, 5.74) is 5.48. The zero-order valence-corrected chi connectivity index (χ0v) is 23.0. The second-order valence-corrected chi connectivity index (χ2v) is 10.3. The fourth-order valence-corrected chi connectivity index (χ4v) is 4.84. The third-order valence-electron chi connectivity index (χ3n) is 7.29. The zero-order chi connectivity index (χ0) is 24.9. The van der Waals surface area contributed by atoms with E-state index < -0.39 is 0 Å². The third-order valence-corrected chi connectivity index (χ3v) is 7.29. The zero-order valence-electron chi connectivity index (χ0n) is 23.0. The van der Waals surface area contributed by atoms with Gasteiger partial charge >= 0.3 is 0 Å². The number of rotatable bonds is 14. The molecule has 1 saturated heterocycles. The molecular weight excluding hydrogens is 404 g/mol. The van der Waals surface area contributed by atoms with Crippen molar-refractivity contribution in [2.24, 2.45) is 0 Å². The van der Waals surface area contributed by atoms with Crippen LogP contribution in [0, 0.1) is 0 Å². The highest BCUT2D eigenvalue weighted by atomic mass is 16.1. The maximum atomic E-state index is 12.6. The Morgan fingerprint density at radius 3 is 1.82 bits per heavy atom. The number of carbonyl (C=O) groups is 1. The summed E-state index contributed by atoms with van der Waals surface area (Å²) in [6.07, 6.45) is 18.3. The second-order valence-electron chi connectivity index (χ2n) is 10.3. The number of piperazine rings is 1. The highest BCUT2D eigenvalue weighted by Gasteiger charge is 2.44. The number of Topliss-reactive ketones (excluding diaryl/α,β-unsaturated/α-hetero) is 1. The van der Waals surface area contributed by atoms with Gasteiger partial charge in [-0.3, -0.25) is 9.69 Å². The molecule has 0 aromatic rings. The monoisotopic (exact) mass is 456 g/mol. The first kappa shape index (κ1) is 29.6. The van der Waals surface area contributed by atoms with Crippen LogP contribution in [0.5, 0.6) is 0 Å². The molecule has 0 spiro atoms. The Balaban J connectivity index is 2.55. The molecule has 33 heavy (non-hydrogen) atoms. The van der Waals surface area contributed by atoms with Crippen LogP contribution in [-0.2, 0) is 4.79 Å². The lowest BCUT2D eigenvalue weighted by atomic mass is 9.84. The van der Waals surface area contributed by atoms with Gasteiger partial charge in [0.25, 0.3) is 0 Å². The number of hydrogen-bond donors (Lipinski definition) is 1. The van der Waals surface area contributed by atoms with Crippen molar-refractivity contribution in [1.29, 1.82) is 0 Å². The molecule has 2 atom stereocenters. The maximum Gasteiger partial charge on any atom is 0.151 e. The molecule has 1 fully saturated rings. The van der Waals surface area contributed by atoms with E-state index in [2.05, 4.69) is 83.0 Å². The van der Waals surface area contributed by atoms with Crippen LogP contribution in [0.25, 0.3) is 0 Å². The van der Waals surface area contributed by atoms with E-state index in [0.29, 0.717) is 11.8 Å². The van der Waals surface area contributed by atoms with E-state index in [4.69, 9.17) is 0 Å². The molecule has 1 heterocycles. The summed E-state index contributed by atoms with van der Waals surface area (Å²) >= 11 is 0. The molecule has 2 unspecified atom stereocenters. The highest BCUT2D eigenvalue weighted by Crippen LogP contribution is 2.28. The Morgan fingerprint density at radius 1 is 0.848 bits per heavy atom. The molecule has 1 rings (SSSR count). The number of ketones is 1. The van der Waals surface area contributed by atoms with E-state index in [1.54, 1.807) is 6.92 Å². The summed E-state index contributed by atoms with van der Waals surface area (Å²) in [6.45, 7) is 19.9. The molecule has 0 aromatic heterocycles. The Kier molecular flexibility index (Phi) is 13.9. The van der Waals surface area contributed by atoms with Crippen LogP contribution in [0.4, 0.5) is 0 Å². The lowest BCUT2D eigenvalue weighted by molar-refractivity contribution is -0.132. The van der Waals surface area contributed by atoms with Crippen molar-refractivity contribution in [3.63, 3.8) is 0 Å². The van der Waals surface area contributed by atoms with Gasteiger partial charge < -0.3 is 5.32 Å². The molecule has 188 valence electrons. The quantitative estimate of drug-likeness (QED) is 0.274. The summed E-state index contributed by atoms with van der Waals surface area (Å²) in [4.78, 5) is 15.1.